The lowest BCUT2D eigenvalue weighted by Gasteiger charge is -2.06. The van der Waals surface area contributed by atoms with Crippen LogP contribution in [0.15, 0.2) is 16.9 Å². The normalized spacial score (nSPS) is 11.2. The van der Waals surface area contributed by atoms with Crippen LogP contribution in [0.4, 0.5) is 5.82 Å². The molecule has 2 aromatic rings. The number of hydrogen-bond donors (Lipinski definition) is 2. The highest BCUT2D eigenvalue weighted by Crippen LogP contribution is 2.04. The molecule has 16 heavy (non-hydrogen) atoms. The van der Waals surface area contributed by atoms with Gasteiger partial charge in [-0.15, -0.1) is 5.10 Å². The van der Waals surface area contributed by atoms with Crippen LogP contribution in [0, 0.1) is 5.92 Å². The van der Waals surface area contributed by atoms with Crippen LogP contribution in [0.3, 0.4) is 0 Å². The summed E-state index contributed by atoms with van der Waals surface area (Å²) in [4.78, 5) is 11.3. The Morgan fingerprint density at radius 2 is 2.31 bits per heavy atom. The van der Waals surface area contributed by atoms with Crippen LogP contribution in [0.5, 0.6) is 0 Å². The third kappa shape index (κ3) is 2.21. The maximum Gasteiger partial charge on any atom is 0.364 e. The minimum atomic E-state index is -0.317. The third-order valence-electron chi connectivity index (χ3n) is 2.30. The highest BCUT2D eigenvalue weighted by atomic mass is 16.2. The molecule has 0 saturated heterocycles. The van der Waals surface area contributed by atoms with Gasteiger partial charge in [-0.05, 0) is 24.5 Å². The van der Waals surface area contributed by atoms with Crippen molar-refractivity contribution in [3.05, 3.63) is 22.6 Å². The fraction of sp³-hybridized carbons (Fsp3) is 0.500. The number of rotatable bonds is 4. The van der Waals surface area contributed by atoms with Crippen molar-refractivity contribution in [3.63, 3.8) is 0 Å². The molecule has 0 unspecified atom stereocenters. The topological polar surface area (TPSA) is 75.1 Å². The van der Waals surface area contributed by atoms with Crippen LogP contribution in [0.2, 0.25) is 0 Å². The van der Waals surface area contributed by atoms with Gasteiger partial charge in [-0.2, -0.15) is 9.61 Å². The summed E-state index contributed by atoms with van der Waals surface area (Å²) in [7, 11) is 0. The lowest BCUT2D eigenvalue weighted by Crippen LogP contribution is -2.14. The van der Waals surface area contributed by atoms with Gasteiger partial charge in [-0.25, -0.2) is 9.89 Å². The zero-order valence-corrected chi connectivity index (χ0v) is 9.40. The average Bonchev–Trinajstić information content (AvgIpc) is 2.60. The second-order valence-electron chi connectivity index (χ2n) is 4.13. The minimum Gasteiger partial charge on any atom is -0.369 e. The van der Waals surface area contributed by atoms with Crippen molar-refractivity contribution >= 4 is 11.5 Å². The highest BCUT2D eigenvalue weighted by molar-refractivity contribution is 5.42. The number of fused-ring (bicyclic) bond motifs is 1. The zero-order chi connectivity index (χ0) is 11.5. The van der Waals surface area contributed by atoms with Crippen LogP contribution in [0.1, 0.15) is 20.3 Å². The number of aromatic amines is 1. The Morgan fingerprint density at radius 3 is 3.06 bits per heavy atom. The van der Waals surface area contributed by atoms with Gasteiger partial charge >= 0.3 is 5.69 Å². The standard InChI is InChI=1S/C10H15N5O/c1-7(2)5-6-11-8-3-4-9-12-13-10(16)15(9)14-8/h3-4,7H,5-6H2,1-2H3,(H,11,14)(H,13,16). The zero-order valence-electron chi connectivity index (χ0n) is 9.40. The second kappa shape index (κ2) is 4.34. The molecule has 0 bridgehead atoms. The fourth-order valence-corrected chi connectivity index (χ4v) is 1.39. The summed E-state index contributed by atoms with van der Waals surface area (Å²) in [5.74, 6) is 1.34. The van der Waals surface area contributed by atoms with Crippen molar-refractivity contribution in [2.45, 2.75) is 20.3 Å². The Kier molecular flexibility index (Phi) is 2.89. The van der Waals surface area contributed by atoms with E-state index in [1.54, 1.807) is 6.07 Å². The van der Waals surface area contributed by atoms with E-state index in [1.807, 2.05) is 6.07 Å². The summed E-state index contributed by atoms with van der Waals surface area (Å²) < 4.78 is 1.25. The Hall–Kier alpha value is -1.85. The van der Waals surface area contributed by atoms with Gasteiger partial charge in [0.1, 0.15) is 5.82 Å². The maximum absolute atomic E-state index is 11.3. The molecule has 0 radical (unpaired) electrons. The molecule has 2 heterocycles. The largest absolute Gasteiger partial charge is 0.369 e. The molecule has 6 heteroatoms. The molecule has 0 saturated carbocycles. The van der Waals surface area contributed by atoms with E-state index < -0.39 is 0 Å². The Labute approximate surface area is 92.7 Å². The fourth-order valence-electron chi connectivity index (χ4n) is 1.39. The molecular formula is C10H15N5O. The minimum absolute atomic E-state index is 0.317. The highest BCUT2D eigenvalue weighted by Gasteiger charge is 2.02. The first kappa shape index (κ1) is 10.7. The van der Waals surface area contributed by atoms with E-state index in [0.717, 1.165) is 13.0 Å². The van der Waals surface area contributed by atoms with Crippen molar-refractivity contribution in [3.8, 4) is 0 Å². The van der Waals surface area contributed by atoms with E-state index in [1.165, 1.54) is 4.52 Å². The van der Waals surface area contributed by atoms with Crippen molar-refractivity contribution in [2.75, 3.05) is 11.9 Å². The predicted octanol–water partition coefficient (Wildman–Crippen LogP) is 0.876. The Bertz CT molecular complexity index is 527. The molecule has 2 N–H and O–H groups in total. The van der Waals surface area contributed by atoms with Gasteiger partial charge < -0.3 is 5.32 Å². The molecule has 0 aromatic carbocycles. The number of aromatic nitrogens is 4. The Morgan fingerprint density at radius 1 is 1.50 bits per heavy atom. The number of hydrogen-bond acceptors (Lipinski definition) is 4. The molecule has 0 spiro atoms. The molecule has 0 aliphatic rings. The summed E-state index contributed by atoms with van der Waals surface area (Å²) in [5.41, 5.74) is 0.210. The molecule has 0 amide bonds. The summed E-state index contributed by atoms with van der Waals surface area (Å²) in [6.07, 6.45) is 1.07. The van der Waals surface area contributed by atoms with Crippen molar-refractivity contribution in [1.82, 2.24) is 19.8 Å². The lowest BCUT2D eigenvalue weighted by molar-refractivity contribution is 0.606. The summed E-state index contributed by atoms with van der Waals surface area (Å²) in [6.45, 7) is 5.18. The molecule has 0 fully saturated rings. The lowest BCUT2D eigenvalue weighted by atomic mass is 10.1. The second-order valence-corrected chi connectivity index (χ2v) is 4.13. The summed E-state index contributed by atoms with van der Waals surface area (Å²) in [5, 5.41) is 13.5. The third-order valence-corrected chi connectivity index (χ3v) is 2.30. The van der Waals surface area contributed by atoms with Crippen molar-refractivity contribution < 1.29 is 0 Å². The van der Waals surface area contributed by atoms with Gasteiger partial charge in [0.15, 0.2) is 5.65 Å². The van der Waals surface area contributed by atoms with Crippen LogP contribution in [-0.4, -0.2) is 26.4 Å². The van der Waals surface area contributed by atoms with Crippen LogP contribution >= 0.6 is 0 Å². The van der Waals surface area contributed by atoms with E-state index >= 15 is 0 Å². The van der Waals surface area contributed by atoms with E-state index in [2.05, 4.69) is 34.5 Å². The number of anilines is 1. The summed E-state index contributed by atoms with van der Waals surface area (Å²) >= 11 is 0. The van der Waals surface area contributed by atoms with Crippen LogP contribution < -0.4 is 11.0 Å². The summed E-state index contributed by atoms with van der Waals surface area (Å²) in [6, 6.07) is 3.57. The van der Waals surface area contributed by atoms with Gasteiger partial charge in [0.2, 0.25) is 0 Å². The molecule has 2 aromatic heterocycles. The van der Waals surface area contributed by atoms with E-state index in [9.17, 15) is 4.79 Å². The van der Waals surface area contributed by atoms with Crippen LogP contribution in [0.25, 0.3) is 5.65 Å². The molecule has 86 valence electrons. The van der Waals surface area contributed by atoms with Gasteiger partial charge in [0, 0.05) is 6.54 Å². The SMILES string of the molecule is CC(C)CCNc1ccc2n[nH]c(=O)n2n1. The first-order chi connectivity index (χ1) is 7.66. The maximum atomic E-state index is 11.3. The number of H-pyrrole nitrogens is 1. The smallest absolute Gasteiger partial charge is 0.364 e. The van der Waals surface area contributed by atoms with E-state index in [0.29, 0.717) is 17.4 Å². The molecule has 2 rings (SSSR count). The average molecular weight is 221 g/mol. The van der Waals surface area contributed by atoms with Crippen molar-refractivity contribution in [2.24, 2.45) is 5.92 Å². The number of nitrogens with zero attached hydrogens (tertiary/aromatic N) is 3. The van der Waals surface area contributed by atoms with Crippen LogP contribution in [-0.2, 0) is 0 Å². The number of nitrogens with one attached hydrogen (secondary N) is 2. The quantitative estimate of drug-likeness (QED) is 0.803. The molecule has 0 aliphatic carbocycles. The molecular weight excluding hydrogens is 206 g/mol. The van der Waals surface area contributed by atoms with E-state index in [-0.39, 0.29) is 5.69 Å². The van der Waals surface area contributed by atoms with Gasteiger partial charge in [-0.1, -0.05) is 13.8 Å². The van der Waals surface area contributed by atoms with E-state index in [4.69, 9.17) is 0 Å². The molecule has 0 atom stereocenters. The predicted molar refractivity (Wildman–Crippen MR) is 61.6 cm³/mol. The van der Waals surface area contributed by atoms with Crippen molar-refractivity contribution in [1.29, 1.82) is 0 Å². The van der Waals surface area contributed by atoms with Gasteiger partial charge in [0.25, 0.3) is 0 Å². The Balaban J connectivity index is 2.13. The molecule has 6 nitrogen and oxygen atoms in total. The molecule has 0 aliphatic heterocycles. The van der Waals surface area contributed by atoms with Gasteiger partial charge in [0.05, 0.1) is 0 Å². The first-order valence-electron chi connectivity index (χ1n) is 5.35. The monoisotopic (exact) mass is 221 g/mol. The first-order valence-corrected chi connectivity index (χ1v) is 5.35. The van der Waals surface area contributed by atoms with Gasteiger partial charge in [-0.3, -0.25) is 0 Å².